The summed E-state index contributed by atoms with van der Waals surface area (Å²) < 4.78 is 15.6. The van der Waals surface area contributed by atoms with E-state index in [9.17, 15) is 19.2 Å². The molecule has 2 heterocycles. The number of hydrogen-bond donors (Lipinski definition) is 2. The number of ketones is 1. The lowest BCUT2D eigenvalue weighted by molar-refractivity contribution is -0.143. The molecule has 168 valence electrons. The number of carbonyl (C=O) groups is 4. The van der Waals surface area contributed by atoms with Crippen molar-refractivity contribution in [2.75, 3.05) is 13.2 Å². The van der Waals surface area contributed by atoms with E-state index in [0.717, 1.165) is 0 Å². The highest BCUT2D eigenvalue weighted by atomic mass is 35.5. The lowest BCUT2D eigenvalue weighted by Gasteiger charge is -2.27. The van der Waals surface area contributed by atoms with Gasteiger partial charge in [0.15, 0.2) is 5.78 Å². The van der Waals surface area contributed by atoms with Crippen LogP contribution in [0.25, 0.3) is 0 Å². The molecule has 0 bridgehead atoms. The van der Waals surface area contributed by atoms with Crippen molar-refractivity contribution >= 4 is 35.4 Å². The van der Waals surface area contributed by atoms with Gasteiger partial charge in [0.1, 0.15) is 18.4 Å². The molecule has 1 unspecified atom stereocenters. The third-order valence-electron chi connectivity index (χ3n) is 4.58. The fraction of sp³-hybridized carbons (Fsp3) is 0.273. The number of benzene rings is 1. The number of nitrogens with one attached hydrogen (secondary N) is 2. The standard InChI is InChI=1S/C22H21ClN2O7/c1-2-30-21(28)19-15(24-22(29)25-20(19)17-4-3-11-31-17)12-32-18(27)10-9-16(26)13-5-7-14(23)8-6-13/h3-8,11,20H,2,9-10,12H2,1H3,(H2,24,25,29). The number of ether oxygens (including phenoxy) is 2. The Kier molecular flexibility index (Phi) is 7.67. The second kappa shape index (κ2) is 10.6. The topological polar surface area (TPSA) is 124 Å². The predicted octanol–water partition coefficient (Wildman–Crippen LogP) is 3.31. The van der Waals surface area contributed by atoms with E-state index in [-0.39, 0.29) is 43.1 Å². The Morgan fingerprint density at radius 2 is 1.84 bits per heavy atom. The maximum Gasteiger partial charge on any atom is 0.338 e. The molecular formula is C22H21ClN2O7. The minimum absolute atomic E-state index is 0.0615. The number of amides is 2. The third kappa shape index (κ3) is 5.76. The van der Waals surface area contributed by atoms with Gasteiger partial charge in [0.05, 0.1) is 30.6 Å². The molecule has 10 heteroatoms. The van der Waals surface area contributed by atoms with Crippen LogP contribution in [-0.4, -0.2) is 37.0 Å². The van der Waals surface area contributed by atoms with Gasteiger partial charge in [0.25, 0.3) is 0 Å². The molecule has 1 atom stereocenters. The van der Waals surface area contributed by atoms with Crippen molar-refractivity contribution in [3.05, 3.63) is 70.3 Å². The summed E-state index contributed by atoms with van der Waals surface area (Å²) in [6.07, 6.45) is 1.17. The molecule has 0 aliphatic carbocycles. The van der Waals surface area contributed by atoms with Crippen LogP contribution in [0.15, 0.2) is 58.3 Å². The van der Waals surface area contributed by atoms with Gasteiger partial charge in [0, 0.05) is 17.0 Å². The van der Waals surface area contributed by atoms with Gasteiger partial charge in [0.2, 0.25) is 0 Å². The first-order valence-electron chi connectivity index (χ1n) is 9.84. The molecule has 9 nitrogen and oxygen atoms in total. The zero-order valence-corrected chi connectivity index (χ0v) is 17.9. The predicted molar refractivity (Wildman–Crippen MR) is 113 cm³/mol. The lowest BCUT2D eigenvalue weighted by atomic mass is 10.0. The molecular weight excluding hydrogens is 440 g/mol. The summed E-state index contributed by atoms with van der Waals surface area (Å²) in [7, 11) is 0. The zero-order chi connectivity index (χ0) is 23.1. The summed E-state index contributed by atoms with van der Waals surface area (Å²) in [4.78, 5) is 49.0. The maximum absolute atomic E-state index is 12.6. The van der Waals surface area contributed by atoms with E-state index < -0.39 is 24.0 Å². The Morgan fingerprint density at radius 3 is 2.50 bits per heavy atom. The third-order valence-corrected chi connectivity index (χ3v) is 4.83. The van der Waals surface area contributed by atoms with E-state index in [1.165, 1.54) is 6.26 Å². The van der Waals surface area contributed by atoms with Crippen molar-refractivity contribution in [3.8, 4) is 0 Å². The first-order valence-corrected chi connectivity index (χ1v) is 10.2. The fourth-order valence-corrected chi connectivity index (χ4v) is 3.20. The number of Topliss-reactive ketones (excluding diaryl/α,β-unsaturated/α-hetero) is 1. The highest BCUT2D eigenvalue weighted by Crippen LogP contribution is 2.28. The number of carbonyl (C=O) groups excluding carboxylic acids is 4. The molecule has 0 saturated carbocycles. The van der Waals surface area contributed by atoms with Crippen LogP contribution in [0.1, 0.15) is 41.9 Å². The van der Waals surface area contributed by atoms with Crippen LogP contribution in [0.2, 0.25) is 5.02 Å². The molecule has 1 aromatic carbocycles. The summed E-state index contributed by atoms with van der Waals surface area (Å²) in [6.45, 7) is 1.38. The van der Waals surface area contributed by atoms with E-state index in [0.29, 0.717) is 16.3 Å². The van der Waals surface area contributed by atoms with Gasteiger partial charge in [-0.15, -0.1) is 0 Å². The second-order valence-corrected chi connectivity index (χ2v) is 7.19. The number of urea groups is 1. The minimum atomic E-state index is -0.905. The molecule has 2 amide bonds. The zero-order valence-electron chi connectivity index (χ0n) is 17.2. The number of furan rings is 1. The number of halogens is 1. The van der Waals surface area contributed by atoms with Gasteiger partial charge in [-0.3, -0.25) is 9.59 Å². The fourth-order valence-electron chi connectivity index (χ4n) is 3.07. The van der Waals surface area contributed by atoms with Crippen LogP contribution in [0.4, 0.5) is 4.79 Å². The summed E-state index contributed by atoms with van der Waals surface area (Å²) in [5.41, 5.74) is 0.568. The first-order chi connectivity index (χ1) is 15.4. The van der Waals surface area contributed by atoms with Gasteiger partial charge in [-0.25, -0.2) is 9.59 Å². The molecule has 0 spiro atoms. The molecule has 1 aliphatic rings. The SMILES string of the molecule is CCOC(=O)C1=C(COC(=O)CCC(=O)c2ccc(Cl)cc2)NC(=O)NC1c1ccco1. The van der Waals surface area contributed by atoms with Crippen LogP contribution >= 0.6 is 11.6 Å². The number of hydrogen-bond acceptors (Lipinski definition) is 7. The van der Waals surface area contributed by atoms with Gasteiger partial charge in [-0.05, 0) is 43.3 Å². The first kappa shape index (κ1) is 23.1. The van der Waals surface area contributed by atoms with Gasteiger partial charge < -0.3 is 24.5 Å². The van der Waals surface area contributed by atoms with E-state index in [1.54, 1.807) is 43.3 Å². The largest absolute Gasteiger partial charge is 0.467 e. The Labute approximate surface area is 188 Å². The van der Waals surface area contributed by atoms with Crippen molar-refractivity contribution in [1.82, 2.24) is 10.6 Å². The Bertz CT molecular complexity index is 1030. The van der Waals surface area contributed by atoms with Gasteiger partial charge in [-0.2, -0.15) is 0 Å². The number of esters is 2. The minimum Gasteiger partial charge on any atom is -0.467 e. The summed E-state index contributed by atoms with van der Waals surface area (Å²) >= 11 is 5.80. The molecule has 1 aromatic heterocycles. The molecule has 32 heavy (non-hydrogen) atoms. The quantitative estimate of drug-likeness (QED) is 0.434. The Morgan fingerprint density at radius 1 is 1.09 bits per heavy atom. The van der Waals surface area contributed by atoms with Crippen LogP contribution in [0.5, 0.6) is 0 Å². The average Bonchev–Trinajstić information content (AvgIpc) is 3.31. The van der Waals surface area contributed by atoms with E-state index in [1.807, 2.05) is 0 Å². The van der Waals surface area contributed by atoms with Crippen LogP contribution < -0.4 is 10.6 Å². The highest BCUT2D eigenvalue weighted by molar-refractivity contribution is 6.30. The normalized spacial score (nSPS) is 15.6. The number of rotatable bonds is 9. The van der Waals surface area contributed by atoms with Crippen molar-refractivity contribution in [2.24, 2.45) is 0 Å². The molecule has 2 aromatic rings. The molecule has 0 radical (unpaired) electrons. The Hall–Kier alpha value is -3.59. The second-order valence-electron chi connectivity index (χ2n) is 6.75. The summed E-state index contributed by atoms with van der Waals surface area (Å²) in [5.74, 6) is -1.27. The maximum atomic E-state index is 12.6. The lowest BCUT2D eigenvalue weighted by Crippen LogP contribution is -2.47. The summed E-state index contributed by atoms with van der Waals surface area (Å²) in [6, 6.07) is 8.04. The van der Waals surface area contributed by atoms with E-state index >= 15 is 0 Å². The van der Waals surface area contributed by atoms with Crippen molar-refractivity contribution in [3.63, 3.8) is 0 Å². The van der Waals surface area contributed by atoms with Gasteiger partial charge >= 0.3 is 18.0 Å². The molecule has 3 rings (SSSR count). The smallest absolute Gasteiger partial charge is 0.338 e. The van der Waals surface area contributed by atoms with Crippen molar-refractivity contribution < 1.29 is 33.1 Å². The van der Waals surface area contributed by atoms with E-state index in [2.05, 4.69) is 10.6 Å². The van der Waals surface area contributed by atoms with E-state index in [4.69, 9.17) is 25.5 Å². The van der Waals surface area contributed by atoms with Gasteiger partial charge in [-0.1, -0.05) is 11.6 Å². The monoisotopic (exact) mass is 460 g/mol. The van der Waals surface area contributed by atoms with Crippen LogP contribution in [0.3, 0.4) is 0 Å². The molecule has 0 saturated heterocycles. The average molecular weight is 461 g/mol. The highest BCUT2D eigenvalue weighted by Gasteiger charge is 2.35. The Balaban J connectivity index is 1.68. The summed E-state index contributed by atoms with van der Waals surface area (Å²) in [5, 5.41) is 5.57. The van der Waals surface area contributed by atoms with Crippen LogP contribution in [0, 0.1) is 0 Å². The van der Waals surface area contributed by atoms with Crippen LogP contribution in [-0.2, 0) is 19.1 Å². The van der Waals surface area contributed by atoms with Crippen molar-refractivity contribution in [1.29, 1.82) is 0 Å². The molecule has 1 aliphatic heterocycles. The van der Waals surface area contributed by atoms with Crippen molar-refractivity contribution in [2.45, 2.75) is 25.8 Å². The molecule has 0 fully saturated rings. The molecule has 2 N–H and O–H groups in total.